The highest BCUT2D eigenvalue weighted by atomic mass is 35.5. The van der Waals surface area contributed by atoms with Crippen molar-refractivity contribution in [2.24, 2.45) is 0 Å². The number of rotatable bonds is 2. The molecular weight excluding hydrogens is 265 g/mol. The van der Waals surface area contributed by atoms with Crippen LogP contribution in [0.4, 0.5) is 4.39 Å². The SMILES string of the molecule is Fc1ccc(Oc2cc(Cl)nc3ccccc23)cc1. The molecule has 0 fully saturated rings. The van der Waals surface area contributed by atoms with E-state index in [9.17, 15) is 4.39 Å². The zero-order valence-electron chi connectivity index (χ0n) is 9.81. The fourth-order valence-corrected chi connectivity index (χ4v) is 2.02. The van der Waals surface area contributed by atoms with Gasteiger partial charge >= 0.3 is 0 Å². The number of nitrogens with zero attached hydrogens (tertiary/aromatic N) is 1. The van der Waals surface area contributed by atoms with Crippen molar-refractivity contribution in [1.29, 1.82) is 0 Å². The standard InChI is InChI=1S/C15H9ClFNO/c16-15-9-14(12-3-1-2-4-13(12)18-15)19-11-7-5-10(17)6-8-11/h1-9H. The molecule has 0 bridgehead atoms. The summed E-state index contributed by atoms with van der Waals surface area (Å²) in [6.07, 6.45) is 0. The van der Waals surface area contributed by atoms with Crippen LogP contribution in [0.1, 0.15) is 0 Å². The van der Waals surface area contributed by atoms with E-state index < -0.39 is 0 Å². The Morgan fingerprint density at radius 1 is 1.00 bits per heavy atom. The van der Waals surface area contributed by atoms with E-state index in [0.29, 0.717) is 16.7 Å². The topological polar surface area (TPSA) is 22.1 Å². The van der Waals surface area contributed by atoms with Gasteiger partial charge in [0.15, 0.2) is 0 Å². The second-order valence-electron chi connectivity index (χ2n) is 4.02. The Kier molecular flexibility index (Phi) is 3.05. The van der Waals surface area contributed by atoms with Crippen LogP contribution in [0.15, 0.2) is 54.6 Å². The van der Waals surface area contributed by atoms with Crippen molar-refractivity contribution in [3.05, 3.63) is 65.6 Å². The molecule has 3 aromatic rings. The van der Waals surface area contributed by atoms with Gasteiger partial charge in [0.1, 0.15) is 22.5 Å². The molecule has 0 radical (unpaired) electrons. The minimum Gasteiger partial charge on any atom is -0.457 e. The first kappa shape index (κ1) is 11.9. The van der Waals surface area contributed by atoms with E-state index in [2.05, 4.69) is 4.98 Å². The van der Waals surface area contributed by atoms with E-state index in [0.717, 1.165) is 10.9 Å². The van der Waals surface area contributed by atoms with Gasteiger partial charge in [-0.05, 0) is 36.4 Å². The Bertz CT molecular complexity index is 728. The van der Waals surface area contributed by atoms with Crippen molar-refractivity contribution in [2.45, 2.75) is 0 Å². The van der Waals surface area contributed by atoms with Gasteiger partial charge in [0.05, 0.1) is 5.52 Å². The second kappa shape index (κ2) is 4.86. The van der Waals surface area contributed by atoms with Crippen molar-refractivity contribution in [1.82, 2.24) is 4.98 Å². The summed E-state index contributed by atoms with van der Waals surface area (Å²) in [5.41, 5.74) is 0.757. The van der Waals surface area contributed by atoms with E-state index >= 15 is 0 Å². The number of hydrogen-bond acceptors (Lipinski definition) is 2. The lowest BCUT2D eigenvalue weighted by Crippen LogP contribution is -1.88. The Morgan fingerprint density at radius 2 is 1.74 bits per heavy atom. The minimum atomic E-state index is -0.301. The largest absolute Gasteiger partial charge is 0.457 e. The molecule has 2 aromatic carbocycles. The molecule has 1 heterocycles. The molecule has 1 aromatic heterocycles. The predicted molar refractivity (Wildman–Crippen MR) is 73.2 cm³/mol. The quantitative estimate of drug-likeness (QED) is 0.625. The number of halogens is 2. The van der Waals surface area contributed by atoms with Gasteiger partial charge in [-0.3, -0.25) is 0 Å². The molecule has 0 saturated heterocycles. The maximum Gasteiger partial charge on any atom is 0.139 e. The summed E-state index contributed by atoms with van der Waals surface area (Å²) in [4.78, 5) is 4.22. The number of benzene rings is 2. The number of pyridine rings is 1. The maximum absolute atomic E-state index is 12.9. The first-order chi connectivity index (χ1) is 9.22. The third-order valence-electron chi connectivity index (χ3n) is 2.69. The average molecular weight is 274 g/mol. The molecule has 0 saturated carbocycles. The average Bonchev–Trinajstić information content (AvgIpc) is 2.41. The van der Waals surface area contributed by atoms with Gasteiger partial charge in [-0.1, -0.05) is 23.7 Å². The van der Waals surface area contributed by atoms with Gasteiger partial charge < -0.3 is 4.74 Å². The van der Waals surface area contributed by atoms with E-state index in [-0.39, 0.29) is 5.82 Å². The first-order valence-corrected chi connectivity index (χ1v) is 6.09. The molecule has 94 valence electrons. The third kappa shape index (κ3) is 2.51. The zero-order chi connectivity index (χ0) is 13.2. The number of aromatic nitrogens is 1. The lowest BCUT2D eigenvalue weighted by atomic mass is 10.2. The monoisotopic (exact) mass is 273 g/mol. The molecule has 0 aliphatic rings. The Balaban J connectivity index is 2.07. The van der Waals surface area contributed by atoms with Crippen LogP contribution in [0.2, 0.25) is 5.15 Å². The number of ether oxygens (including phenoxy) is 1. The molecule has 2 nitrogen and oxygen atoms in total. The van der Waals surface area contributed by atoms with E-state index in [1.165, 1.54) is 12.1 Å². The fourth-order valence-electron chi connectivity index (χ4n) is 1.83. The third-order valence-corrected chi connectivity index (χ3v) is 2.88. The molecule has 0 spiro atoms. The zero-order valence-corrected chi connectivity index (χ0v) is 10.6. The lowest BCUT2D eigenvalue weighted by molar-refractivity contribution is 0.485. The van der Waals surface area contributed by atoms with Gasteiger partial charge in [0, 0.05) is 11.5 Å². The molecule has 3 rings (SSSR count). The summed E-state index contributed by atoms with van der Waals surface area (Å²) in [5.74, 6) is 0.848. The van der Waals surface area contributed by atoms with Crippen molar-refractivity contribution in [3.63, 3.8) is 0 Å². The van der Waals surface area contributed by atoms with Gasteiger partial charge in [-0.2, -0.15) is 0 Å². The number of fused-ring (bicyclic) bond motifs is 1. The van der Waals surface area contributed by atoms with E-state index in [1.807, 2.05) is 24.3 Å². The highest BCUT2D eigenvalue weighted by Gasteiger charge is 2.06. The molecule has 0 aliphatic heterocycles. The molecule has 19 heavy (non-hydrogen) atoms. The van der Waals surface area contributed by atoms with Crippen LogP contribution in [-0.2, 0) is 0 Å². The van der Waals surface area contributed by atoms with Gasteiger partial charge in [0.2, 0.25) is 0 Å². The maximum atomic E-state index is 12.9. The molecule has 4 heteroatoms. The van der Waals surface area contributed by atoms with Crippen LogP contribution in [0.25, 0.3) is 10.9 Å². The smallest absolute Gasteiger partial charge is 0.139 e. The normalized spacial score (nSPS) is 10.6. The van der Waals surface area contributed by atoms with Gasteiger partial charge in [-0.25, -0.2) is 9.37 Å². The number of para-hydroxylation sites is 1. The van der Waals surface area contributed by atoms with Crippen molar-refractivity contribution in [2.75, 3.05) is 0 Å². The summed E-state index contributed by atoms with van der Waals surface area (Å²) in [6.45, 7) is 0. The highest BCUT2D eigenvalue weighted by molar-refractivity contribution is 6.30. The first-order valence-electron chi connectivity index (χ1n) is 5.71. The van der Waals surface area contributed by atoms with E-state index in [1.54, 1.807) is 18.2 Å². The fraction of sp³-hybridized carbons (Fsp3) is 0. The van der Waals surface area contributed by atoms with E-state index in [4.69, 9.17) is 16.3 Å². The number of hydrogen-bond donors (Lipinski definition) is 0. The van der Waals surface area contributed by atoms with Crippen molar-refractivity contribution in [3.8, 4) is 11.5 Å². The van der Waals surface area contributed by atoms with Crippen LogP contribution in [0, 0.1) is 5.82 Å². The van der Waals surface area contributed by atoms with Gasteiger partial charge in [-0.15, -0.1) is 0 Å². The summed E-state index contributed by atoms with van der Waals surface area (Å²) >= 11 is 5.96. The van der Waals surface area contributed by atoms with Crippen molar-refractivity contribution >= 4 is 22.5 Å². The molecule has 0 atom stereocenters. The Hall–Kier alpha value is -2.13. The predicted octanol–water partition coefficient (Wildman–Crippen LogP) is 4.82. The summed E-state index contributed by atoms with van der Waals surface area (Å²) in [6, 6.07) is 15.0. The summed E-state index contributed by atoms with van der Waals surface area (Å²) in [5, 5.41) is 1.21. The van der Waals surface area contributed by atoms with Crippen LogP contribution in [-0.4, -0.2) is 4.98 Å². The molecule has 0 amide bonds. The molecule has 0 unspecified atom stereocenters. The molecular formula is C15H9ClFNO. The molecule has 0 N–H and O–H groups in total. The minimum absolute atomic E-state index is 0.301. The summed E-state index contributed by atoms with van der Waals surface area (Å²) < 4.78 is 18.6. The highest BCUT2D eigenvalue weighted by Crippen LogP contribution is 2.31. The van der Waals surface area contributed by atoms with Crippen LogP contribution < -0.4 is 4.74 Å². The van der Waals surface area contributed by atoms with Crippen molar-refractivity contribution < 1.29 is 9.13 Å². The lowest BCUT2D eigenvalue weighted by Gasteiger charge is -2.09. The Morgan fingerprint density at radius 3 is 2.53 bits per heavy atom. The molecule has 0 aliphatic carbocycles. The van der Waals surface area contributed by atoms with Crippen LogP contribution in [0.3, 0.4) is 0 Å². The van der Waals surface area contributed by atoms with Crippen LogP contribution >= 0.6 is 11.6 Å². The second-order valence-corrected chi connectivity index (χ2v) is 4.40. The Labute approximate surface area is 114 Å². The van der Waals surface area contributed by atoms with Gasteiger partial charge in [0.25, 0.3) is 0 Å². The summed E-state index contributed by atoms with van der Waals surface area (Å²) in [7, 11) is 0. The van der Waals surface area contributed by atoms with Crippen LogP contribution in [0.5, 0.6) is 11.5 Å².